The minimum atomic E-state index is 0.0681. The van der Waals surface area contributed by atoms with Gasteiger partial charge in [0.05, 0.1) is 10.2 Å². The molecule has 0 saturated heterocycles. The molecule has 4 N–H and O–H groups in total. The molecule has 6 heteroatoms. The summed E-state index contributed by atoms with van der Waals surface area (Å²) in [4.78, 5) is 12.8. The van der Waals surface area contributed by atoms with Crippen molar-refractivity contribution in [2.75, 3.05) is 0 Å². The number of aromatic nitrogens is 1. The summed E-state index contributed by atoms with van der Waals surface area (Å²) >= 11 is 1.45. The SMILES string of the molecule is CC#Cc1cccc(C(N)=NC(N)=Nc2nc3ccccc3s2)c1. The van der Waals surface area contributed by atoms with Crippen molar-refractivity contribution in [1.82, 2.24) is 4.98 Å². The first-order valence-corrected chi connectivity index (χ1v) is 8.04. The van der Waals surface area contributed by atoms with Crippen LogP contribution in [0.5, 0.6) is 0 Å². The molecule has 0 saturated carbocycles. The molecule has 118 valence electrons. The number of thiazole rings is 1. The van der Waals surface area contributed by atoms with E-state index in [4.69, 9.17) is 11.5 Å². The molecule has 5 nitrogen and oxygen atoms in total. The summed E-state index contributed by atoms with van der Waals surface area (Å²) in [6, 6.07) is 15.3. The third-order valence-electron chi connectivity index (χ3n) is 3.16. The number of hydrogen-bond donors (Lipinski definition) is 2. The summed E-state index contributed by atoms with van der Waals surface area (Å²) in [6.07, 6.45) is 0. The van der Waals surface area contributed by atoms with E-state index in [1.54, 1.807) is 6.92 Å². The minimum absolute atomic E-state index is 0.0681. The molecule has 0 bridgehead atoms. The second kappa shape index (κ2) is 6.94. The van der Waals surface area contributed by atoms with Crippen LogP contribution in [0, 0.1) is 11.8 Å². The predicted molar refractivity (Wildman–Crippen MR) is 101 cm³/mol. The molecule has 3 rings (SSSR count). The number of nitrogens with two attached hydrogens (primary N) is 2. The summed E-state index contributed by atoms with van der Waals surface area (Å²) in [5, 5.41) is 0.552. The molecular formula is C18H15N5S. The van der Waals surface area contributed by atoms with E-state index in [2.05, 4.69) is 26.8 Å². The van der Waals surface area contributed by atoms with Crippen LogP contribution in [-0.4, -0.2) is 16.8 Å². The van der Waals surface area contributed by atoms with E-state index >= 15 is 0 Å². The van der Waals surface area contributed by atoms with Gasteiger partial charge in [0, 0.05) is 11.1 Å². The molecule has 2 aromatic carbocycles. The first-order chi connectivity index (χ1) is 11.7. The van der Waals surface area contributed by atoms with Crippen molar-refractivity contribution < 1.29 is 0 Å². The van der Waals surface area contributed by atoms with Gasteiger partial charge in [0.15, 0.2) is 0 Å². The number of fused-ring (bicyclic) bond motifs is 1. The Morgan fingerprint density at radius 1 is 1.12 bits per heavy atom. The standard InChI is InChI=1S/C18H15N5S/c1-2-6-12-7-5-8-13(11-12)16(19)22-17(20)23-18-21-14-9-3-4-10-15(14)24-18/h3-5,7-11H,1H3,(H4,19,20,21,22,23). The first kappa shape index (κ1) is 15.7. The smallest absolute Gasteiger partial charge is 0.224 e. The Hall–Kier alpha value is -3.17. The first-order valence-electron chi connectivity index (χ1n) is 7.23. The van der Waals surface area contributed by atoms with Gasteiger partial charge >= 0.3 is 0 Å². The van der Waals surface area contributed by atoms with Crippen molar-refractivity contribution in [2.24, 2.45) is 21.5 Å². The molecule has 1 heterocycles. The molecule has 0 unspecified atom stereocenters. The maximum absolute atomic E-state index is 6.01. The number of hydrogen-bond acceptors (Lipinski definition) is 3. The average Bonchev–Trinajstić information content (AvgIpc) is 2.97. The predicted octanol–water partition coefficient (Wildman–Crippen LogP) is 3.02. The fourth-order valence-electron chi connectivity index (χ4n) is 2.12. The Morgan fingerprint density at radius 2 is 1.96 bits per heavy atom. The van der Waals surface area contributed by atoms with E-state index in [-0.39, 0.29) is 11.8 Å². The third-order valence-corrected chi connectivity index (χ3v) is 4.09. The van der Waals surface area contributed by atoms with Gasteiger partial charge in [0.1, 0.15) is 5.84 Å². The quantitative estimate of drug-likeness (QED) is 0.429. The maximum atomic E-state index is 6.01. The Labute approximate surface area is 143 Å². The van der Waals surface area contributed by atoms with Gasteiger partial charge in [-0.15, -0.1) is 5.92 Å². The van der Waals surface area contributed by atoms with Crippen LogP contribution >= 0.6 is 11.3 Å². The largest absolute Gasteiger partial charge is 0.383 e. The van der Waals surface area contributed by atoms with Gasteiger partial charge in [-0.2, -0.15) is 9.98 Å². The lowest BCUT2D eigenvalue weighted by Crippen LogP contribution is -2.19. The van der Waals surface area contributed by atoms with Crippen LogP contribution in [0.1, 0.15) is 18.1 Å². The zero-order valence-electron chi connectivity index (χ0n) is 13.0. The molecule has 0 atom stereocenters. The van der Waals surface area contributed by atoms with Crippen LogP contribution in [0.2, 0.25) is 0 Å². The number of rotatable bonds is 2. The molecule has 0 aliphatic rings. The average molecular weight is 333 g/mol. The summed E-state index contributed by atoms with van der Waals surface area (Å²) in [7, 11) is 0. The van der Waals surface area contributed by atoms with E-state index in [1.807, 2.05) is 48.5 Å². The minimum Gasteiger partial charge on any atom is -0.383 e. The van der Waals surface area contributed by atoms with E-state index in [9.17, 15) is 0 Å². The molecule has 0 radical (unpaired) electrons. The van der Waals surface area contributed by atoms with Crippen LogP contribution in [0.3, 0.4) is 0 Å². The Balaban J connectivity index is 1.88. The van der Waals surface area contributed by atoms with Crippen LogP contribution in [-0.2, 0) is 0 Å². The lowest BCUT2D eigenvalue weighted by molar-refractivity contribution is 1.35. The highest BCUT2D eigenvalue weighted by atomic mass is 32.1. The Morgan fingerprint density at radius 3 is 2.75 bits per heavy atom. The molecule has 3 aromatic rings. The molecule has 24 heavy (non-hydrogen) atoms. The fourth-order valence-corrected chi connectivity index (χ4v) is 2.96. The number of para-hydroxylation sites is 1. The molecule has 0 amide bonds. The van der Waals surface area contributed by atoms with Crippen LogP contribution in [0.15, 0.2) is 58.5 Å². The van der Waals surface area contributed by atoms with E-state index in [1.165, 1.54) is 11.3 Å². The van der Waals surface area contributed by atoms with Crippen molar-refractivity contribution in [3.05, 3.63) is 59.7 Å². The summed E-state index contributed by atoms with van der Waals surface area (Å²) in [6.45, 7) is 1.78. The summed E-state index contributed by atoms with van der Waals surface area (Å²) < 4.78 is 1.05. The number of aliphatic imine (C=N–C) groups is 2. The van der Waals surface area contributed by atoms with Crippen molar-refractivity contribution in [3.63, 3.8) is 0 Å². The van der Waals surface area contributed by atoms with Gasteiger partial charge in [-0.05, 0) is 31.2 Å². The normalized spacial score (nSPS) is 12.0. The van der Waals surface area contributed by atoms with Crippen molar-refractivity contribution in [3.8, 4) is 11.8 Å². The van der Waals surface area contributed by atoms with Gasteiger partial charge in [-0.3, -0.25) is 0 Å². The fraction of sp³-hybridized carbons (Fsp3) is 0.0556. The highest BCUT2D eigenvalue weighted by Gasteiger charge is 2.04. The Bertz CT molecular complexity index is 972. The van der Waals surface area contributed by atoms with Gasteiger partial charge in [0.25, 0.3) is 0 Å². The van der Waals surface area contributed by atoms with Crippen LogP contribution in [0.25, 0.3) is 10.2 Å². The third kappa shape index (κ3) is 3.59. The molecular weight excluding hydrogens is 318 g/mol. The van der Waals surface area contributed by atoms with Gasteiger partial charge in [-0.1, -0.05) is 41.5 Å². The van der Waals surface area contributed by atoms with E-state index < -0.39 is 0 Å². The molecule has 0 aliphatic carbocycles. The zero-order chi connectivity index (χ0) is 16.9. The highest BCUT2D eigenvalue weighted by molar-refractivity contribution is 7.22. The van der Waals surface area contributed by atoms with Crippen molar-refractivity contribution in [1.29, 1.82) is 0 Å². The number of amidine groups is 1. The Kier molecular flexibility index (Phi) is 4.54. The maximum Gasteiger partial charge on any atom is 0.224 e. The van der Waals surface area contributed by atoms with Gasteiger partial charge < -0.3 is 11.5 Å². The number of nitrogens with zero attached hydrogens (tertiary/aromatic N) is 3. The van der Waals surface area contributed by atoms with Crippen LogP contribution < -0.4 is 11.5 Å². The van der Waals surface area contributed by atoms with Gasteiger partial charge in [0.2, 0.25) is 11.1 Å². The lowest BCUT2D eigenvalue weighted by atomic mass is 10.1. The topological polar surface area (TPSA) is 89.6 Å². The molecule has 0 aliphatic heterocycles. The van der Waals surface area contributed by atoms with Crippen molar-refractivity contribution in [2.45, 2.75) is 6.92 Å². The van der Waals surface area contributed by atoms with Crippen molar-refractivity contribution >= 4 is 38.5 Å². The van der Waals surface area contributed by atoms with Crippen LogP contribution in [0.4, 0.5) is 5.13 Å². The van der Waals surface area contributed by atoms with Gasteiger partial charge in [-0.25, -0.2) is 4.98 Å². The number of guanidine groups is 1. The monoisotopic (exact) mass is 333 g/mol. The molecule has 0 spiro atoms. The van der Waals surface area contributed by atoms with E-state index in [0.717, 1.165) is 21.3 Å². The highest BCUT2D eigenvalue weighted by Crippen LogP contribution is 2.27. The molecule has 0 fully saturated rings. The summed E-state index contributed by atoms with van der Waals surface area (Å²) in [5.74, 6) is 6.19. The zero-order valence-corrected chi connectivity index (χ0v) is 13.8. The van der Waals surface area contributed by atoms with E-state index in [0.29, 0.717) is 5.13 Å². The second-order valence-corrected chi connectivity index (χ2v) is 5.90. The second-order valence-electron chi connectivity index (χ2n) is 4.89. The molecule has 1 aromatic heterocycles. The number of benzene rings is 2. The summed E-state index contributed by atoms with van der Waals surface area (Å²) in [5.41, 5.74) is 14.4. The lowest BCUT2D eigenvalue weighted by Gasteiger charge is -2.01.